The van der Waals surface area contributed by atoms with Crippen molar-refractivity contribution in [2.45, 2.75) is 62.6 Å². The molecule has 0 aromatic carbocycles. The molecular formula is C14H25NO2. The highest BCUT2D eigenvalue weighted by Crippen LogP contribution is 2.39. The van der Waals surface area contributed by atoms with Crippen LogP contribution in [0.4, 0.5) is 0 Å². The Balaban J connectivity index is 1.57. The standard InChI is InChI=1S/C14H25NO2/c16-13(5-2-1-3-6-13)11-15-9-10-17-14(12-15)7-4-8-14/h16H,1-12H2. The average Bonchev–Trinajstić information content (AvgIpc) is 2.28. The summed E-state index contributed by atoms with van der Waals surface area (Å²) >= 11 is 0. The van der Waals surface area contributed by atoms with E-state index in [1.807, 2.05) is 0 Å². The molecule has 3 rings (SSSR count). The first kappa shape index (κ1) is 11.9. The molecule has 0 bridgehead atoms. The largest absolute Gasteiger partial charge is 0.389 e. The summed E-state index contributed by atoms with van der Waals surface area (Å²) in [6, 6.07) is 0. The second-order valence-electron chi connectivity index (χ2n) is 6.38. The van der Waals surface area contributed by atoms with E-state index in [9.17, 15) is 5.11 Å². The van der Waals surface area contributed by atoms with Crippen molar-refractivity contribution in [3.05, 3.63) is 0 Å². The summed E-state index contributed by atoms with van der Waals surface area (Å²) < 4.78 is 5.93. The Hall–Kier alpha value is -0.120. The summed E-state index contributed by atoms with van der Waals surface area (Å²) in [5.74, 6) is 0. The molecule has 2 saturated carbocycles. The van der Waals surface area contributed by atoms with E-state index in [0.717, 1.165) is 39.1 Å². The van der Waals surface area contributed by atoms with E-state index in [-0.39, 0.29) is 5.60 Å². The van der Waals surface area contributed by atoms with E-state index < -0.39 is 5.60 Å². The molecule has 1 aliphatic heterocycles. The van der Waals surface area contributed by atoms with Gasteiger partial charge < -0.3 is 9.84 Å². The third-order valence-electron chi connectivity index (χ3n) is 4.89. The zero-order valence-corrected chi connectivity index (χ0v) is 10.8. The topological polar surface area (TPSA) is 32.7 Å². The van der Waals surface area contributed by atoms with E-state index in [0.29, 0.717) is 0 Å². The number of nitrogens with zero attached hydrogens (tertiary/aromatic N) is 1. The third kappa shape index (κ3) is 2.51. The van der Waals surface area contributed by atoms with Gasteiger partial charge in [-0.3, -0.25) is 4.90 Å². The van der Waals surface area contributed by atoms with E-state index in [2.05, 4.69) is 4.90 Å². The van der Waals surface area contributed by atoms with Crippen molar-refractivity contribution < 1.29 is 9.84 Å². The van der Waals surface area contributed by atoms with E-state index >= 15 is 0 Å². The van der Waals surface area contributed by atoms with Gasteiger partial charge in [0.15, 0.2) is 0 Å². The highest BCUT2D eigenvalue weighted by Gasteiger charge is 2.43. The molecule has 98 valence electrons. The van der Waals surface area contributed by atoms with Gasteiger partial charge in [0.2, 0.25) is 0 Å². The maximum Gasteiger partial charge on any atom is 0.0809 e. The summed E-state index contributed by atoms with van der Waals surface area (Å²) in [6.45, 7) is 3.79. The van der Waals surface area contributed by atoms with Crippen molar-refractivity contribution in [2.24, 2.45) is 0 Å². The number of morpholine rings is 1. The van der Waals surface area contributed by atoms with Crippen molar-refractivity contribution in [1.29, 1.82) is 0 Å². The monoisotopic (exact) mass is 239 g/mol. The van der Waals surface area contributed by atoms with Gasteiger partial charge in [-0.1, -0.05) is 19.3 Å². The van der Waals surface area contributed by atoms with Gasteiger partial charge in [0.05, 0.1) is 17.8 Å². The predicted octanol–water partition coefficient (Wildman–Crippen LogP) is 1.94. The molecule has 2 aliphatic carbocycles. The molecule has 0 aromatic rings. The van der Waals surface area contributed by atoms with Crippen LogP contribution in [0.15, 0.2) is 0 Å². The minimum Gasteiger partial charge on any atom is -0.389 e. The minimum absolute atomic E-state index is 0.170. The Morgan fingerprint density at radius 2 is 1.76 bits per heavy atom. The van der Waals surface area contributed by atoms with Crippen LogP contribution in [0, 0.1) is 0 Å². The first-order valence-electron chi connectivity index (χ1n) is 7.29. The normalized spacial score (nSPS) is 32.3. The minimum atomic E-state index is -0.402. The van der Waals surface area contributed by atoms with Gasteiger partial charge >= 0.3 is 0 Å². The second-order valence-corrected chi connectivity index (χ2v) is 6.38. The average molecular weight is 239 g/mol. The van der Waals surface area contributed by atoms with Gasteiger partial charge in [0, 0.05) is 19.6 Å². The molecule has 1 N–H and O–H groups in total. The molecule has 3 fully saturated rings. The van der Waals surface area contributed by atoms with Gasteiger partial charge in [-0.25, -0.2) is 0 Å². The summed E-state index contributed by atoms with van der Waals surface area (Å²) in [5.41, 5.74) is -0.232. The lowest BCUT2D eigenvalue weighted by Crippen LogP contribution is -2.58. The Kier molecular flexibility index (Phi) is 3.18. The molecule has 0 atom stereocenters. The molecule has 0 unspecified atom stereocenters. The molecule has 0 aromatic heterocycles. The van der Waals surface area contributed by atoms with Gasteiger partial charge in [-0.05, 0) is 32.1 Å². The van der Waals surface area contributed by atoms with Crippen LogP contribution in [0.1, 0.15) is 51.4 Å². The van der Waals surface area contributed by atoms with Crippen LogP contribution < -0.4 is 0 Å². The predicted molar refractivity (Wildman–Crippen MR) is 67.0 cm³/mol. The zero-order chi connectivity index (χ0) is 11.8. The Morgan fingerprint density at radius 3 is 2.41 bits per heavy atom. The number of hydrogen-bond donors (Lipinski definition) is 1. The lowest BCUT2D eigenvalue weighted by molar-refractivity contribution is -0.162. The molecule has 3 heteroatoms. The SMILES string of the molecule is OC1(CN2CCOC3(CCC3)C2)CCCCC1. The van der Waals surface area contributed by atoms with E-state index in [4.69, 9.17) is 4.74 Å². The highest BCUT2D eigenvalue weighted by molar-refractivity contribution is 4.97. The molecular weight excluding hydrogens is 214 g/mol. The van der Waals surface area contributed by atoms with Gasteiger partial charge in [-0.2, -0.15) is 0 Å². The molecule has 0 amide bonds. The molecule has 1 heterocycles. The molecule has 1 saturated heterocycles. The maximum absolute atomic E-state index is 10.6. The first-order valence-corrected chi connectivity index (χ1v) is 7.29. The quantitative estimate of drug-likeness (QED) is 0.799. The Morgan fingerprint density at radius 1 is 1.00 bits per heavy atom. The fourth-order valence-corrected chi connectivity index (χ4v) is 3.72. The number of rotatable bonds is 2. The van der Waals surface area contributed by atoms with Crippen LogP contribution in [0.3, 0.4) is 0 Å². The summed E-state index contributed by atoms with van der Waals surface area (Å²) in [5, 5.41) is 10.6. The van der Waals surface area contributed by atoms with Crippen LogP contribution in [0.25, 0.3) is 0 Å². The fraction of sp³-hybridized carbons (Fsp3) is 1.00. The number of hydrogen-bond acceptors (Lipinski definition) is 3. The fourth-order valence-electron chi connectivity index (χ4n) is 3.72. The molecule has 0 radical (unpaired) electrons. The lowest BCUT2D eigenvalue weighted by Gasteiger charge is -2.50. The van der Waals surface area contributed by atoms with Crippen LogP contribution >= 0.6 is 0 Å². The number of β-amino-alcohol motifs (C(OH)–C–C–N with tert-alkyl or cyclic N) is 1. The van der Waals surface area contributed by atoms with Crippen molar-refractivity contribution in [3.8, 4) is 0 Å². The number of ether oxygens (including phenoxy) is 1. The summed E-state index contributed by atoms with van der Waals surface area (Å²) in [4.78, 5) is 2.45. The second kappa shape index (κ2) is 4.52. The lowest BCUT2D eigenvalue weighted by atomic mass is 9.78. The first-order chi connectivity index (χ1) is 8.20. The summed E-state index contributed by atoms with van der Waals surface area (Å²) in [7, 11) is 0. The van der Waals surface area contributed by atoms with Crippen LogP contribution in [0.5, 0.6) is 0 Å². The van der Waals surface area contributed by atoms with E-state index in [1.54, 1.807) is 0 Å². The Labute approximate surface area is 104 Å². The maximum atomic E-state index is 10.6. The van der Waals surface area contributed by atoms with Crippen molar-refractivity contribution in [1.82, 2.24) is 4.90 Å². The third-order valence-corrected chi connectivity index (χ3v) is 4.89. The van der Waals surface area contributed by atoms with Crippen molar-refractivity contribution in [2.75, 3.05) is 26.2 Å². The van der Waals surface area contributed by atoms with Gasteiger partial charge in [0.1, 0.15) is 0 Å². The molecule has 3 nitrogen and oxygen atoms in total. The smallest absolute Gasteiger partial charge is 0.0809 e. The number of aliphatic hydroxyl groups is 1. The molecule has 1 spiro atoms. The Bertz CT molecular complexity index is 269. The van der Waals surface area contributed by atoms with Crippen molar-refractivity contribution in [3.63, 3.8) is 0 Å². The summed E-state index contributed by atoms with van der Waals surface area (Å²) in [6.07, 6.45) is 9.46. The molecule has 17 heavy (non-hydrogen) atoms. The van der Waals surface area contributed by atoms with Crippen LogP contribution in [-0.2, 0) is 4.74 Å². The highest BCUT2D eigenvalue weighted by atomic mass is 16.5. The van der Waals surface area contributed by atoms with Gasteiger partial charge in [0.25, 0.3) is 0 Å². The van der Waals surface area contributed by atoms with Gasteiger partial charge in [-0.15, -0.1) is 0 Å². The van der Waals surface area contributed by atoms with Crippen LogP contribution in [0.2, 0.25) is 0 Å². The van der Waals surface area contributed by atoms with Crippen LogP contribution in [-0.4, -0.2) is 47.4 Å². The van der Waals surface area contributed by atoms with Crippen molar-refractivity contribution >= 4 is 0 Å². The van der Waals surface area contributed by atoms with E-state index in [1.165, 1.54) is 38.5 Å². The zero-order valence-electron chi connectivity index (χ0n) is 10.8. The molecule has 3 aliphatic rings.